The minimum Gasteiger partial charge on any atom is -0.346 e. The fourth-order valence-corrected chi connectivity index (χ4v) is 3.71. The number of carbonyl (C=O) groups excluding carboxylic acids is 1. The zero-order valence-corrected chi connectivity index (χ0v) is 11.8. The highest BCUT2D eigenvalue weighted by molar-refractivity contribution is 6.31. The highest BCUT2D eigenvalue weighted by Crippen LogP contribution is 2.54. The van der Waals surface area contributed by atoms with Gasteiger partial charge in [-0.25, -0.2) is 0 Å². The van der Waals surface area contributed by atoms with E-state index in [1.54, 1.807) is 0 Å². The molecule has 0 aromatic rings. The molecule has 1 N–H and O–H groups in total. The van der Waals surface area contributed by atoms with Crippen LogP contribution in [0.1, 0.15) is 33.6 Å². The lowest BCUT2D eigenvalue weighted by molar-refractivity contribution is -0.131. The van der Waals surface area contributed by atoms with Crippen LogP contribution in [0.4, 0.5) is 0 Å². The van der Waals surface area contributed by atoms with Crippen molar-refractivity contribution >= 4 is 17.5 Å². The second kappa shape index (κ2) is 3.51. The lowest BCUT2D eigenvalue weighted by Gasteiger charge is -2.56. The summed E-state index contributed by atoms with van der Waals surface area (Å²) in [5, 5.41) is 3.90. The number of carbonyl (C=O) groups is 1. The van der Waals surface area contributed by atoms with Crippen LogP contribution in [-0.4, -0.2) is 11.4 Å². The van der Waals surface area contributed by atoms with E-state index in [1.165, 1.54) is 5.57 Å². The number of allylic oxidation sites excluding steroid dienone is 4. The lowest BCUT2D eigenvalue weighted by atomic mass is 9.56. The van der Waals surface area contributed by atoms with Gasteiger partial charge in [0.1, 0.15) is 0 Å². The average Bonchev–Trinajstić information content (AvgIpc) is 2.22. The fraction of sp³-hybridized carbons (Fsp3) is 0.533. The first-order valence-electron chi connectivity index (χ1n) is 6.46. The zero-order valence-electron chi connectivity index (χ0n) is 11.0. The van der Waals surface area contributed by atoms with Gasteiger partial charge in [0.15, 0.2) is 0 Å². The Hall–Kier alpha value is -1.02. The SMILES string of the molecule is CC12CC3C/C=C/C(Cl)=C\C(=C31)C(C)(C)C(=O)N2. The third-order valence-corrected chi connectivity index (χ3v) is 4.79. The zero-order chi connectivity index (χ0) is 13.1. The molecule has 0 aromatic heterocycles. The smallest absolute Gasteiger partial charge is 0.230 e. The van der Waals surface area contributed by atoms with E-state index < -0.39 is 5.41 Å². The summed E-state index contributed by atoms with van der Waals surface area (Å²) in [6, 6.07) is 0. The minimum atomic E-state index is -0.487. The maximum atomic E-state index is 12.3. The van der Waals surface area contributed by atoms with Crippen molar-refractivity contribution in [1.29, 1.82) is 0 Å². The second-order valence-electron chi connectivity index (χ2n) is 6.31. The molecule has 2 nitrogen and oxygen atoms in total. The molecule has 0 radical (unpaired) electrons. The van der Waals surface area contributed by atoms with Crippen molar-refractivity contribution in [2.75, 3.05) is 0 Å². The van der Waals surface area contributed by atoms with Crippen molar-refractivity contribution in [2.45, 2.75) is 39.2 Å². The molecule has 1 heterocycles. The molecule has 18 heavy (non-hydrogen) atoms. The molecule has 1 fully saturated rings. The van der Waals surface area contributed by atoms with Crippen molar-refractivity contribution in [3.05, 3.63) is 34.4 Å². The van der Waals surface area contributed by atoms with Gasteiger partial charge >= 0.3 is 0 Å². The molecule has 2 atom stereocenters. The summed E-state index contributed by atoms with van der Waals surface area (Å²) in [7, 11) is 0. The minimum absolute atomic E-state index is 0.104. The number of nitrogens with one attached hydrogen (secondary N) is 1. The van der Waals surface area contributed by atoms with Gasteiger partial charge in [0.2, 0.25) is 5.91 Å². The Labute approximate surface area is 113 Å². The molecule has 2 unspecified atom stereocenters. The molecular formula is C15H18ClNO. The van der Waals surface area contributed by atoms with Crippen molar-refractivity contribution < 1.29 is 4.79 Å². The van der Waals surface area contributed by atoms with E-state index in [0.717, 1.165) is 18.4 Å². The van der Waals surface area contributed by atoms with Crippen LogP contribution >= 0.6 is 11.6 Å². The molecule has 3 heteroatoms. The van der Waals surface area contributed by atoms with Crippen LogP contribution in [0.5, 0.6) is 0 Å². The van der Waals surface area contributed by atoms with Gasteiger partial charge < -0.3 is 5.32 Å². The standard InChI is InChI=1S/C15H18ClNO/c1-14(2)11-7-10(16)6-4-5-9-8-15(3,12(9)11)17-13(14)18/h4,6-7,9H,5,8H2,1-3H3,(H,17,18)/b6-4+,10-7+. The van der Waals surface area contributed by atoms with Gasteiger partial charge in [-0.2, -0.15) is 0 Å². The van der Waals surface area contributed by atoms with Gasteiger partial charge in [-0.3, -0.25) is 4.79 Å². The predicted octanol–water partition coefficient (Wildman–Crippen LogP) is 3.30. The maximum Gasteiger partial charge on any atom is 0.230 e. The Morgan fingerprint density at radius 2 is 2.11 bits per heavy atom. The molecule has 0 bridgehead atoms. The molecule has 1 saturated carbocycles. The van der Waals surface area contributed by atoms with Gasteiger partial charge in [0.25, 0.3) is 0 Å². The van der Waals surface area contributed by atoms with Gasteiger partial charge in [0, 0.05) is 5.03 Å². The molecule has 3 aliphatic rings. The molecule has 1 aliphatic heterocycles. The molecule has 0 saturated heterocycles. The van der Waals surface area contributed by atoms with Crippen LogP contribution in [0.3, 0.4) is 0 Å². The van der Waals surface area contributed by atoms with Gasteiger partial charge in [-0.15, -0.1) is 0 Å². The Morgan fingerprint density at radius 1 is 1.39 bits per heavy atom. The Bertz CT molecular complexity index is 527. The molecule has 1 amide bonds. The van der Waals surface area contributed by atoms with Crippen LogP contribution in [-0.2, 0) is 4.79 Å². The van der Waals surface area contributed by atoms with Crippen molar-refractivity contribution in [3.63, 3.8) is 0 Å². The number of hydrogen-bond donors (Lipinski definition) is 1. The van der Waals surface area contributed by atoms with E-state index in [4.69, 9.17) is 11.6 Å². The number of halogens is 1. The molecule has 3 rings (SSSR count). The van der Waals surface area contributed by atoms with Crippen molar-refractivity contribution in [1.82, 2.24) is 5.32 Å². The summed E-state index contributed by atoms with van der Waals surface area (Å²) in [5.41, 5.74) is 1.87. The lowest BCUT2D eigenvalue weighted by Crippen LogP contribution is -2.64. The first kappa shape index (κ1) is 12.0. The normalized spacial score (nSPS) is 41.7. The quantitative estimate of drug-likeness (QED) is 0.714. The number of rotatable bonds is 0. The monoisotopic (exact) mass is 263 g/mol. The summed E-state index contributed by atoms with van der Waals surface area (Å²) in [6.45, 7) is 6.08. The molecule has 0 aromatic carbocycles. The highest BCUT2D eigenvalue weighted by atomic mass is 35.5. The Balaban J connectivity index is 2.23. The molecule has 96 valence electrons. The van der Waals surface area contributed by atoms with Gasteiger partial charge in [-0.1, -0.05) is 17.7 Å². The molecular weight excluding hydrogens is 246 g/mol. The predicted molar refractivity (Wildman–Crippen MR) is 73.2 cm³/mol. The number of amides is 1. The summed E-state index contributed by atoms with van der Waals surface area (Å²) in [4.78, 5) is 12.3. The van der Waals surface area contributed by atoms with Crippen molar-refractivity contribution in [3.8, 4) is 0 Å². The third-order valence-electron chi connectivity index (χ3n) is 4.56. The van der Waals surface area contributed by atoms with E-state index in [9.17, 15) is 4.79 Å². The molecule has 2 aliphatic carbocycles. The van der Waals surface area contributed by atoms with Gasteiger partial charge in [-0.05, 0) is 62.8 Å². The van der Waals surface area contributed by atoms with Crippen LogP contribution in [0.25, 0.3) is 0 Å². The first-order valence-corrected chi connectivity index (χ1v) is 6.84. The average molecular weight is 264 g/mol. The van der Waals surface area contributed by atoms with Crippen LogP contribution in [0.15, 0.2) is 34.4 Å². The summed E-state index contributed by atoms with van der Waals surface area (Å²) in [6.07, 6.45) is 8.11. The Kier molecular flexibility index (Phi) is 2.34. The Morgan fingerprint density at radius 3 is 2.83 bits per heavy atom. The largest absolute Gasteiger partial charge is 0.346 e. The third kappa shape index (κ3) is 1.45. The van der Waals surface area contributed by atoms with E-state index >= 15 is 0 Å². The highest BCUT2D eigenvalue weighted by Gasteiger charge is 2.54. The van der Waals surface area contributed by atoms with Crippen LogP contribution in [0.2, 0.25) is 0 Å². The fourth-order valence-electron chi connectivity index (χ4n) is 3.52. The van der Waals surface area contributed by atoms with Crippen LogP contribution in [0, 0.1) is 11.3 Å². The topological polar surface area (TPSA) is 29.1 Å². The van der Waals surface area contributed by atoms with E-state index in [2.05, 4.69) is 18.3 Å². The number of hydrogen-bond acceptors (Lipinski definition) is 1. The van der Waals surface area contributed by atoms with Crippen molar-refractivity contribution in [2.24, 2.45) is 11.3 Å². The van der Waals surface area contributed by atoms with Crippen LogP contribution < -0.4 is 5.32 Å². The summed E-state index contributed by atoms with van der Waals surface area (Å²) < 4.78 is 0. The maximum absolute atomic E-state index is 12.3. The molecule has 0 spiro atoms. The van der Waals surface area contributed by atoms with E-state index in [-0.39, 0.29) is 11.4 Å². The second-order valence-corrected chi connectivity index (χ2v) is 6.74. The van der Waals surface area contributed by atoms with E-state index in [0.29, 0.717) is 11.0 Å². The summed E-state index contributed by atoms with van der Waals surface area (Å²) >= 11 is 6.20. The van der Waals surface area contributed by atoms with E-state index in [1.807, 2.05) is 26.0 Å². The first-order chi connectivity index (χ1) is 8.34. The summed E-state index contributed by atoms with van der Waals surface area (Å²) in [5.74, 6) is 0.662. The van der Waals surface area contributed by atoms with Gasteiger partial charge in [0.05, 0.1) is 11.0 Å².